The van der Waals surface area contributed by atoms with Crippen molar-refractivity contribution in [3.63, 3.8) is 0 Å². The fourth-order valence-electron chi connectivity index (χ4n) is 2.14. The molecule has 5 nitrogen and oxygen atoms in total. The van der Waals surface area contributed by atoms with Gasteiger partial charge in [-0.3, -0.25) is 0 Å². The number of likely N-dealkylation sites (N-methyl/N-ethyl adjacent to an activating group) is 1. The van der Waals surface area contributed by atoms with Gasteiger partial charge in [0.05, 0.1) is 6.10 Å². The molecule has 0 aliphatic heterocycles. The minimum Gasteiger partial charge on any atom is -0.393 e. The molecule has 0 aliphatic carbocycles. The third-order valence-electron chi connectivity index (χ3n) is 3.28. The lowest BCUT2D eigenvalue weighted by Gasteiger charge is -2.20. The second-order valence-electron chi connectivity index (χ2n) is 5.58. The maximum absolute atomic E-state index is 11.6. The summed E-state index contributed by atoms with van der Waals surface area (Å²) in [5.41, 5.74) is 1.13. The van der Waals surface area contributed by atoms with Gasteiger partial charge in [-0.1, -0.05) is 25.1 Å². The Labute approximate surface area is 127 Å². The fraction of sp³-hybridized carbons (Fsp3) is 0.562. The van der Waals surface area contributed by atoms with Crippen molar-refractivity contribution in [3.05, 3.63) is 30.3 Å². The minimum absolute atomic E-state index is 0.158. The molecular weight excluding hydrogens is 266 g/mol. The quantitative estimate of drug-likeness (QED) is 0.685. The lowest BCUT2D eigenvalue weighted by Crippen LogP contribution is -2.41. The first-order valence-corrected chi connectivity index (χ1v) is 7.45. The number of nitrogens with zero attached hydrogens (tertiary/aromatic N) is 1. The second kappa shape index (κ2) is 9.23. The molecule has 0 aromatic heterocycles. The molecule has 2 unspecified atom stereocenters. The van der Waals surface area contributed by atoms with Gasteiger partial charge in [-0.15, -0.1) is 0 Å². The first kappa shape index (κ1) is 17.3. The minimum atomic E-state index is -0.329. The Morgan fingerprint density at radius 1 is 1.24 bits per heavy atom. The lowest BCUT2D eigenvalue weighted by atomic mass is 10.1. The van der Waals surface area contributed by atoms with Crippen LogP contribution in [0.3, 0.4) is 0 Å². The highest BCUT2D eigenvalue weighted by molar-refractivity contribution is 5.73. The zero-order chi connectivity index (χ0) is 15.7. The molecule has 0 fully saturated rings. The summed E-state index contributed by atoms with van der Waals surface area (Å²) in [5, 5.41) is 14.9. The molecule has 118 valence electrons. The van der Waals surface area contributed by atoms with Crippen LogP contribution in [-0.4, -0.2) is 43.9 Å². The molecule has 0 radical (unpaired) electrons. The SMILES string of the molecule is CC(O)CC(C)CNC(=O)NCCN(C)c1ccccc1. The highest BCUT2D eigenvalue weighted by Gasteiger charge is 2.08. The van der Waals surface area contributed by atoms with Gasteiger partial charge in [-0.05, 0) is 31.4 Å². The van der Waals surface area contributed by atoms with E-state index < -0.39 is 0 Å². The predicted molar refractivity (Wildman–Crippen MR) is 86.6 cm³/mol. The Morgan fingerprint density at radius 3 is 2.52 bits per heavy atom. The molecular formula is C16H27N3O2. The van der Waals surface area contributed by atoms with Crippen molar-refractivity contribution in [1.29, 1.82) is 0 Å². The Hall–Kier alpha value is -1.75. The van der Waals surface area contributed by atoms with Crippen molar-refractivity contribution in [3.8, 4) is 0 Å². The van der Waals surface area contributed by atoms with E-state index in [9.17, 15) is 9.90 Å². The van der Waals surface area contributed by atoms with Crippen molar-refractivity contribution >= 4 is 11.7 Å². The monoisotopic (exact) mass is 293 g/mol. The standard InChI is InChI=1S/C16H27N3O2/c1-13(11-14(2)20)12-18-16(21)17-9-10-19(3)15-7-5-4-6-8-15/h4-8,13-14,20H,9-12H2,1-3H3,(H2,17,18,21). The van der Waals surface area contributed by atoms with Crippen LogP contribution in [0.4, 0.5) is 10.5 Å². The molecule has 0 bridgehead atoms. The van der Waals surface area contributed by atoms with E-state index in [-0.39, 0.29) is 18.1 Å². The molecule has 1 aromatic rings. The molecule has 1 rings (SSSR count). The highest BCUT2D eigenvalue weighted by atomic mass is 16.3. The van der Waals surface area contributed by atoms with E-state index in [1.54, 1.807) is 6.92 Å². The lowest BCUT2D eigenvalue weighted by molar-refractivity contribution is 0.163. The predicted octanol–water partition coefficient (Wildman–Crippen LogP) is 1.83. The summed E-state index contributed by atoms with van der Waals surface area (Å²) < 4.78 is 0. The first-order chi connectivity index (χ1) is 9.99. The van der Waals surface area contributed by atoms with Crippen molar-refractivity contribution in [2.24, 2.45) is 5.92 Å². The van der Waals surface area contributed by atoms with Gasteiger partial charge in [0.25, 0.3) is 0 Å². The van der Waals surface area contributed by atoms with Gasteiger partial charge in [0.2, 0.25) is 0 Å². The van der Waals surface area contributed by atoms with Gasteiger partial charge in [0.1, 0.15) is 0 Å². The number of nitrogens with one attached hydrogen (secondary N) is 2. The van der Waals surface area contributed by atoms with Crippen molar-refractivity contribution in [2.45, 2.75) is 26.4 Å². The van der Waals surface area contributed by atoms with E-state index in [4.69, 9.17) is 0 Å². The van der Waals surface area contributed by atoms with E-state index >= 15 is 0 Å². The number of amides is 2. The van der Waals surface area contributed by atoms with Crippen LogP contribution in [0.15, 0.2) is 30.3 Å². The molecule has 2 atom stereocenters. The van der Waals surface area contributed by atoms with Gasteiger partial charge in [-0.25, -0.2) is 4.79 Å². The van der Waals surface area contributed by atoms with Crippen LogP contribution < -0.4 is 15.5 Å². The highest BCUT2D eigenvalue weighted by Crippen LogP contribution is 2.09. The molecule has 0 heterocycles. The van der Waals surface area contributed by atoms with Gasteiger partial charge in [-0.2, -0.15) is 0 Å². The van der Waals surface area contributed by atoms with E-state index in [1.165, 1.54) is 0 Å². The van der Waals surface area contributed by atoms with E-state index in [1.807, 2.05) is 44.3 Å². The molecule has 3 N–H and O–H groups in total. The Bertz CT molecular complexity index is 409. The summed E-state index contributed by atoms with van der Waals surface area (Å²) in [5.74, 6) is 0.266. The molecule has 1 aromatic carbocycles. The average Bonchev–Trinajstić information content (AvgIpc) is 2.45. The number of benzene rings is 1. The van der Waals surface area contributed by atoms with Crippen molar-refractivity contribution < 1.29 is 9.90 Å². The van der Waals surface area contributed by atoms with E-state index in [0.29, 0.717) is 19.5 Å². The number of carbonyl (C=O) groups is 1. The number of hydrogen-bond donors (Lipinski definition) is 3. The Kier molecular flexibility index (Phi) is 7.61. The number of rotatable bonds is 8. The zero-order valence-electron chi connectivity index (χ0n) is 13.2. The van der Waals surface area contributed by atoms with Crippen molar-refractivity contribution in [1.82, 2.24) is 10.6 Å². The topological polar surface area (TPSA) is 64.6 Å². The van der Waals surface area contributed by atoms with Gasteiger partial charge in [0, 0.05) is 32.4 Å². The number of carbonyl (C=O) groups excluding carboxylic acids is 1. The van der Waals surface area contributed by atoms with Crippen LogP contribution in [0, 0.1) is 5.92 Å². The summed E-state index contributed by atoms with van der Waals surface area (Å²) in [7, 11) is 2.00. The van der Waals surface area contributed by atoms with Crippen LogP contribution in [0.25, 0.3) is 0 Å². The Balaban J connectivity index is 2.16. The van der Waals surface area contributed by atoms with Crippen LogP contribution in [0.5, 0.6) is 0 Å². The number of aliphatic hydroxyl groups excluding tert-OH is 1. The largest absolute Gasteiger partial charge is 0.393 e. The smallest absolute Gasteiger partial charge is 0.314 e. The number of hydrogen-bond acceptors (Lipinski definition) is 3. The fourth-order valence-corrected chi connectivity index (χ4v) is 2.14. The average molecular weight is 293 g/mol. The molecule has 0 spiro atoms. The summed E-state index contributed by atoms with van der Waals surface area (Å²) in [6.07, 6.45) is 0.362. The number of para-hydroxylation sites is 1. The summed E-state index contributed by atoms with van der Waals surface area (Å²) in [6.45, 7) is 5.68. The second-order valence-corrected chi connectivity index (χ2v) is 5.58. The normalized spacial score (nSPS) is 13.3. The van der Waals surface area contributed by atoms with Crippen molar-refractivity contribution in [2.75, 3.05) is 31.6 Å². The van der Waals surface area contributed by atoms with Gasteiger partial charge < -0.3 is 20.6 Å². The number of aliphatic hydroxyl groups is 1. The molecule has 0 saturated carbocycles. The van der Waals surface area contributed by atoms with Crippen LogP contribution in [0.2, 0.25) is 0 Å². The Morgan fingerprint density at radius 2 is 1.90 bits per heavy atom. The maximum Gasteiger partial charge on any atom is 0.314 e. The third-order valence-corrected chi connectivity index (χ3v) is 3.28. The maximum atomic E-state index is 11.6. The van der Waals surface area contributed by atoms with Gasteiger partial charge >= 0.3 is 6.03 Å². The molecule has 2 amide bonds. The molecule has 21 heavy (non-hydrogen) atoms. The molecule has 0 aliphatic rings. The number of urea groups is 1. The summed E-state index contributed by atoms with van der Waals surface area (Å²) in [4.78, 5) is 13.7. The van der Waals surface area contributed by atoms with Crippen LogP contribution in [0.1, 0.15) is 20.3 Å². The summed E-state index contributed by atoms with van der Waals surface area (Å²) in [6, 6.07) is 9.90. The molecule has 0 saturated heterocycles. The summed E-state index contributed by atoms with van der Waals surface area (Å²) >= 11 is 0. The van der Waals surface area contributed by atoms with E-state index in [0.717, 1.165) is 12.2 Å². The van der Waals surface area contributed by atoms with Crippen LogP contribution >= 0.6 is 0 Å². The van der Waals surface area contributed by atoms with Crippen LogP contribution in [-0.2, 0) is 0 Å². The van der Waals surface area contributed by atoms with Gasteiger partial charge in [0.15, 0.2) is 0 Å². The number of anilines is 1. The molecule has 5 heteroatoms. The zero-order valence-corrected chi connectivity index (χ0v) is 13.2. The van der Waals surface area contributed by atoms with E-state index in [2.05, 4.69) is 15.5 Å². The third kappa shape index (κ3) is 7.56. The first-order valence-electron chi connectivity index (χ1n) is 7.45.